The summed E-state index contributed by atoms with van der Waals surface area (Å²) >= 11 is 0. The van der Waals surface area contributed by atoms with Gasteiger partial charge in [0, 0.05) is 18.5 Å². The molecule has 8 heteroatoms. The molecule has 2 aromatic heterocycles. The molecule has 4 rings (SSSR count). The maximum atomic E-state index is 12.4. The fourth-order valence-corrected chi connectivity index (χ4v) is 4.02. The van der Waals surface area contributed by atoms with Crippen molar-refractivity contribution in [3.8, 4) is 0 Å². The first kappa shape index (κ1) is 17.1. The van der Waals surface area contributed by atoms with E-state index in [9.17, 15) is 4.79 Å². The summed E-state index contributed by atoms with van der Waals surface area (Å²) in [5, 5.41) is 18.9. The van der Waals surface area contributed by atoms with Gasteiger partial charge in [-0.05, 0) is 32.6 Å². The van der Waals surface area contributed by atoms with Crippen LogP contribution in [0, 0.1) is 6.92 Å². The van der Waals surface area contributed by atoms with Crippen molar-refractivity contribution < 1.29 is 4.79 Å². The van der Waals surface area contributed by atoms with Crippen molar-refractivity contribution in [3.05, 3.63) is 23.4 Å². The summed E-state index contributed by atoms with van der Waals surface area (Å²) in [5.74, 6) is 2.67. The van der Waals surface area contributed by atoms with Crippen LogP contribution in [0.15, 0.2) is 6.20 Å². The van der Waals surface area contributed by atoms with Crippen LogP contribution in [-0.2, 0) is 19.5 Å². The maximum Gasteiger partial charge on any atom is 0.320 e. The summed E-state index contributed by atoms with van der Waals surface area (Å²) < 4.78 is 4.13. The first-order valence-corrected chi connectivity index (χ1v) is 9.72. The number of aromatic nitrogens is 5. The van der Waals surface area contributed by atoms with Crippen molar-refractivity contribution in [1.29, 1.82) is 0 Å². The second kappa shape index (κ2) is 7.47. The quantitative estimate of drug-likeness (QED) is 0.880. The van der Waals surface area contributed by atoms with E-state index in [1.807, 2.05) is 17.8 Å². The van der Waals surface area contributed by atoms with E-state index >= 15 is 0 Å². The molecule has 0 aromatic carbocycles. The van der Waals surface area contributed by atoms with Crippen LogP contribution in [0.5, 0.6) is 0 Å². The van der Waals surface area contributed by atoms with Crippen LogP contribution < -0.4 is 10.6 Å². The van der Waals surface area contributed by atoms with Crippen molar-refractivity contribution in [2.24, 2.45) is 0 Å². The molecule has 1 fully saturated rings. The molecule has 140 valence electrons. The Balaban J connectivity index is 1.39. The smallest absolute Gasteiger partial charge is 0.320 e. The molecule has 0 atom stereocenters. The molecule has 0 radical (unpaired) electrons. The Bertz CT molecular complexity index is 773. The van der Waals surface area contributed by atoms with Crippen LogP contribution in [0.4, 0.5) is 10.6 Å². The summed E-state index contributed by atoms with van der Waals surface area (Å²) in [6.45, 7) is 3.30. The van der Waals surface area contributed by atoms with Crippen LogP contribution in [0.2, 0.25) is 0 Å². The van der Waals surface area contributed by atoms with Gasteiger partial charge in [-0.1, -0.05) is 19.3 Å². The summed E-state index contributed by atoms with van der Waals surface area (Å²) in [4.78, 5) is 12.4. The van der Waals surface area contributed by atoms with E-state index in [1.165, 1.54) is 19.3 Å². The minimum Gasteiger partial charge on any atom is -0.331 e. The molecule has 1 saturated carbocycles. The van der Waals surface area contributed by atoms with Gasteiger partial charge in [0.25, 0.3) is 0 Å². The molecule has 1 aliphatic heterocycles. The van der Waals surface area contributed by atoms with Crippen LogP contribution in [0.25, 0.3) is 0 Å². The lowest BCUT2D eigenvalue weighted by Gasteiger charge is -2.16. The van der Waals surface area contributed by atoms with E-state index < -0.39 is 0 Å². The molecule has 8 nitrogen and oxygen atoms in total. The number of carbonyl (C=O) groups is 1. The predicted molar refractivity (Wildman–Crippen MR) is 97.9 cm³/mol. The van der Waals surface area contributed by atoms with Crippen LogP contribution in [0.3, 0.4) is 0 Å². The first-order chi connectivity index (χ1) is 12.7. The number of anilines is 1. The van der Waals surface area contributed by atoms with Crippen LogP contribution in [-0.4, -0.2) is 30.6 Å². The molecule has 3 heterocycles. The second-order valence-corrected chi connectivity index (χ2v) is 7.36. The third-order valence-corrected chi connectivity index (χ3v) is 5.47. The van der Waals surface area contributed by atoms with E-state index in [-0.39, 0.29) is 6.03 Å². The molecule has 2 amide bonds. The number of amides is 2. The highest BCUT2D eigenvalue weighted by Gasteiger charge is 2.22. The summed E-state index contributed by atoms with van der Waals surface area (Å²) in [5.41, 5.74) is 0.989. The van der Waals surface area contributed by atoms with Gasteiger partial charge >= 0.3 is 6.03 Å². The SMILES string of the molecule is Cc1cnn(C2CCCC2)c1NC(=O)NCc1nnc2n1CCCCC2. The number of rotatable bonds is 4. The fourth-order valence-electron chi connectivity index (χ4n) is 4.02. The molecule has 0 saturated heterocycles. The standard InChI is InChI=1S/C18H27N7O/c1-13-11-20-25(14-7-4-5-8-14)17(13)21-18(26)19-12-16-23-22-15-9-3-2-6-10-24(15)16/h11,14H,2-10,12H2,1H3,(H2,19,21,26). The van der Waals surface area contributed by atoms with Crippen molar-refractivity contribution in [2.75, 3.05) is 5.32 Å². The Kier molecular flexibility index (Phi) is 4.90. The number of nitrogens with zero attached hydrogens (tertiary/aromatic N) is 5. The molecule has 0 unspecified atom stereocenters. The number of nitrogens with one attached hydrogen (secondary N) is 2. The molecular weight excluding hydrogens is 330 g/mol. The van der Waals surface area contributed by atoms with Crippen molar-refractivity contribution >= 4 is 11.8 Å². The Morgan fingerprint density at radius 2 is 2.04 bits per heavy atom. The van der Waals surface area contributed by atoms with E-state index in [0.29, 0.717) is 12.6 Å². The average molecular weight is 357 g/mol. The lowest BCUT2D eigenvalue weighted by molar-refractivity contribution is 0.251. The third-order valence-electron chi connectivity index (χ3n) is 5.47. The molecular formula is C18H27N7O. The Hall–Kier alpha value is -2.38. The molecule has 0 spiro atoms. The Morgan fingerprint density at radius 1 is 1.19 bits per heavy atom. The van der Waals surface area contributed by atoms with E-state index in [1.54, 1.807) is 0 Å². The fraction of sp³-hybridized carbons (Fsp3) is 0.667. The molecule has 2 aliphatic rings. The van der Waals surface area contributed by atoms with E-state index in [2.05, 4.69) is 30.5 Å². The zero-order valence-corrected chi connectivity index (χ0v) is 15.4. The van der Waals surface area contributed by atoms with Gasteiger partial charge in [0.2, 0.25) is 0 Å². The number of hydrogen-bond donors (Lipinski definition) is 2. The van der Waals surface area contributed by atoms with E-state index in [4.69, 9.17) is 0 Å². The number of urea groups is 1. The largest absolute Gasteiger partial charge is 0.331 e. The average Bonchev–Trinajstić information content (AvgIpc) is 3.33. The van der Waals surface area contributed by atoms with Crippen LogP contribution >= 0.6 is 0 Å². The zero-order chi connectivity index (χ0) is 17.9. The number of fused-ring (bicyclic) bond motifs is 1. The van der Waals surface area contributed by atoms with E-state index in [0.717, 1.165) is 61.7 Å². The molecule has 26 heavy (non-hydrogen) atoms. The first-order valence-electron chi connectivity index (χ1n) is 9.72. The number of aryl methyl sites for hydroxylation is 2. The van der Waals surface area contributed by atoms with Gasteiger partial charge in [0.15, 0.2) is 5.82 Å². The minimum atomic E-state index is -0.223. The summed E-state index contributed by atoms with van der Waals surface area (Å²) in [6.07, 6.45) is 11.0. The number of hydrogen-bond acceptors (Lipinski definition) is 4. The molecule has 2 aromatic rings. The predicted octanol–water partition coefficient (Wildman–Crippen LogP) is 2.95. The van der Waals surface area contributed by atoms with Gasteiger partial charge < -0.3 is 9.88 Å². The highest BCUT2D eigenvalue weighted by atomic mass is 16.2. The van der Waals surface area contributed by atoms with Gasteiger partial charge in [-0.25, -0.2) is 9.48 Å². The highest BCUT2D eigenvalue weighted by Crippen LogP contribution is 2.32. The zero-order valence-electron chi connectivity index (χ0n) is 15.4. The lowest BCUT2D eigenvalue weighted by atomic mass is 10.2. The number of carbonyl (C=O) groups excluding carboxylic acids is 1. The Morgan fingerprint density at radius 3 is 2.88 bits per heavy atom. The van der Waals surface area contributed by atoms with Gasteiger partial charge in [0.05, 0.1) is 18.8 Å². The highest BCUT2D eigenvalue weighted by molar-refractivity contribution is 5.89. The minimum absolute atomic E-state index is 0.223. The van der Waals surface area contributed by atoms with Crippen LogP contribution in [0.1, 0.15) is 68.2 Å². The van der Waals surface area contributed by atoms with Gasteiger partial charge in [-0.2, -0.15) is 5.10 Å². The topological polar surface area (TPSA) is 89.7 Å². The van der Waals surface area contributed by atoms with Gasteiger partial charge in [-0.3, -0.25) is 5.32 Å². The summed E-state index contributed by atoms with van der Waals surface area (Å²) in [7, 11) is 0. The van der Waals surface area contributed by atoms with Crippen molar-refractivity contribution in [2.45, 2.75) is 77.4 Å². The van der Waals surface area contributed by atoms with Gasteiger partial charge in [-0.15, -0.1) is 10.2 Å². The van der Waals surface area contributed by atoms with Crippen molar-refractivity contribution in [3.63, 3.8) is 0 Å². The lowest BCUT2D eigenvalue weighted by Crippen LogP contribution is -2.31. The molecule has 0 bridgehead atoms. The molecule has 2 N–H and O–H groups in total. The maximum absolute atomic E-state index is 12.4. The monoisotopic (exact) mass is 357 g/mol. The third kappa shape index (κ3) is 3.45. The molecule has 1 aliphatic carbocycles. The second-order valence-electron chi connectivity index (χ2n) is 7.36. The normalized spacial score (nSPS) is 17.7. The van der Waals surface area contributed by atoms with Crippen molar-refractivity contribution in [1.82, 2.24) is 29.9 Å². The summed E-state index contributed by atoms with van der Waals surface area (Å²) in [6, 6.07) is 0.171. The Labute approximate surface area is 153 Å². The van der Waals surface area contributed by atoms with Gasteiger partial charge in [0.1, 0.15) is 11.6 Å².